The highest BCUT2D eigenvalue weighted by Gasteiger charge is 2.11. The van der Waals surface area contributed by atoms with Gasteiger partial charge < -0.3 is 20.7 Å². The van der Waals surface area contributed by atoms with Gasteiger partial charge in [-0.15, -0.1) is 0 Å². The lowest BCUT2D eigenvalue weighted by atomic mass is 10.2. The largest absolute Gasteiger partial charge is 0.378 e. The normalized spacial score (nSPS) is 17.3. The number of amides is 1. The molecule has 5 heteroatoms. The molecule has 0 bridgehead atoms. The first-order valence-corrected chi connectivity index (χ1v) is 6.16. The van der Waals surface area contributed by atoms with Crippen LogP contribution in [-0.2, 0) is 9.53 Å². The van der Waals surface area contributed by atoms with Crippen molar-refractivity contribution in [3.63, 3.8) is 0 Å². The van der Waals surface area contributed by atoms with E-state index >= 15 is 0 Å². The molecular weight excluding hydrogens is 230 g/mol. The van der Waals surface area contributed by atoms with E-state index in [0.29, 0.717) is 0 Å². The molecule has 1 aliphatic heterocycles. The standard InChI is InChI=1S/C13H19N3O2/c1-10(14)13(17)15-11-2-4-12(5-3-11)16-6-8-18-9-7-16/h2-5,10H,6-9,14H2,1H3,(H,15,17). The van der Waals surface area contributed by atoms with Crippen LogP contribution in [0.3, 0.4) is 0 Å². The number of nitrogens with zero attached hydrogens (tertiary/aromatic N) is 1. The van der Waals surface area contributed by atoms with Crippen molar-refractivity contribution in [3.8, 4) is 0 Å². The van der Waals surface area contributed by atoms with Gasteiger partial charge in [0.2, 0.25) is 5.91 Å². The van der Waals surface area contributed by atoms with Crippen molar-refractivity contribution in [1.29, 1.82) is 0 Å². The van der Waals surface area contributed by atoms with Crippen molar-refractivity contribution in [2.45, 2.75) is 13.0 Å². The molecule has 1 amide bonds. The van der Waals surface area contributed by atoms with E-state index in [4.69, 9.17) is 10.5 Å². The van der Waals surface area contributed by atoms with Crippen molar-refractivity contribution in [1.82, 2.24) is 0 Å². The van der Waals surface area contributed by atoms with Gasteiger partial charge >= 0.3 is 0 Å². The summed E-state index contributed by atoms with van der Waals surface area (Å²) in [4.78, 5) is 13.7. The van der Waals surface area contributed by atoms with Gasteiger partial charge in [0.1, 0.15) is 0 Å². The van der Waals surface area contributed by atoms with Crippen LogP contribution in [0.15, 0.2) is 24.3 Å². The Labute approximate surface area is 107 Å². The van der Waals surface area contributed by atoms with Gasteiger partial charge in [-0.2, -0.15) is 0 Å². The molecule has 0 aliphatic carbocycles. The van der Waals surface area contributed by atoms with Gasteiger partial charge in [-0.3, -0.25) is 4.79 Å². The molecule has 1 heterocycles. The Morgan fingerprint density at radius 2 is 1.94 bits per heavy atom. The fraction of sp³-hybridized carbons (Fsp3) is 0.462. The number of benzene rings is 1. The Balaban J connectivity index is 1.98. The summed E-state index contributed by atoms with van der Waals surface area (Å²) in [7, 11) is 0. The molecule has 1 saturated heterocycles. The highest BCUT2D eigenvalue weighted by Crippen LogP contribution is 2.18. The topological polar surface area (TPSA) is 67.6 Å². The number of nitrogens with two attached hydrogens (primary N) is 1. The summed E-state index contributed by atoms with van der Waals surface area (Å²) in [5.74, 6) is -0.172. The molecule has 5 nitrogen and oxygen atoms in total. The number of morpholine rings is 1. The number of nitrogens with one attached hydrogen (secondary N) is 1. The molecule has 0 saturated carbocycles. The molecular formula is C13H19N3O2. The fourth-order valence-electron chi connectivity index (χ4n) is 1.83. The van der Waals surface area contributed by atoms with Crippen LogP contribution in [0.25, 0.3) is 0 Å². The molecule has 1 unspecified atom stereocenters. The van der Waals surface area contributed by atoms with Crippen LogP contribution in [0.2, 0.25) is 0 Å². The first kappa shape index (κ1) is 12.9. The molecule has 0 radical (unpaired) electrons. The summed E-state index contributed by atoms with van der Waals surface area (Å²) in [6.07, 6.45) is 0. The fourth-order valence-corrected chi connectivity index (χ4v) is 1.83. The lowest BCUT2D eigenvalue weighted by Gasteiger charge is -2.28. The molecule has 1 atom stereocenters. The summed E-state index contributed by atoms with van der Waals surface area (Å²) < 4.78 is 5.31. The van der Waals surface area contributed by atoms with Crippen LogP contribution in [0.1, 0.15) is 6.92 Å². The molecule has 98 valence electrons. The van der Waals surface area contributed by atoms with Gasteiger partial charge in [-0.1, -0.05) is 0 Å². The summed E-state index contributed by atoms with van der Waals surface area (Å²) in [6.45, 7) is 5.01. The second kappa shape index (κ2) is 5.84. The number of carbonyl (C=O) groups is 1. The predicted molar refractivity (Wildman–Crippen MR) is 71.8 cm³/mol. The minimum Gasteiger partial charge on any atom is -0.378 e. The SMILES string of the molecule is CC(N)C(=O)Nc1ccc(N2CCOCC2)cc1. The van der Waals surface area contributed by atoms with Crippen molar-refractivity contribution in [2.24, 2.45) is 5.73 Å². The lowest BCUT2D eigenvalue weighted by Crippen LogP contribution is -2.36. The molecule has 3 N–H and O–H groups in total. The van der Waals surface area contributed by atoms with Crippen molar-refractivity contribution < 1.29 is 9.53 Å². The van der Waals surface area contributed by atoms with Crippen LogP contribution in [0.5, 0.6) is 0 Å². The monoisotopic (exact) mass is 249 g/mol. The van der Waals surface area contributed by atoms with Crippen molar-refractivity contribution >= 4 is 17.3 Å². The number of ether oxygens (including phenoxy) is 1. The zero-order valence-electron chi connectivity index (χ0n) is 10.6. The second-order valence-electron chi connectivity index (χ2n) is 4.42. The maximum Gasteiger partial charge on any atom is 0.240 e. The van der Waals surface area contributed by atoms with E-state index in [2.05, 4.69) is 10.2 Å². The predicted octanol–water partition coefficient (Wildman–Crippen LogP) is 0.809. The average Bonchev–Trinajstić information content (AvgIpc) is 2.40. The third-order valence-corrected chi connectivity index (χ3v) is 2.92. The van der Waals surface area contributed by atoms with Crippen molar-refractivity contribution in [3.05, 3.63) is 24.3 Å². The van der Waals surface area contributed by atoms with Crippen LogP contribution < -0.4 is 16.0 Å². The molecule has 1 aliphatic rings. The molecule has 18 heavy (non-hydrogen) atoms. The van der Waals surface area contributed by atoms with Gasteiger partial charge in [0.25, 0.3) is 0 Å². The van der Waals surface area contributed by atoms with Crippen LogP contribution in [-0.4, -0.2) is 38.3 Å². The summed E-state index contributed by atoms with van der Waals surface area (Å²) in [5, 5.41) is 2.76. The Morgan fingerprint density at radius 3 is 2.50 bits per heavy atom. The molecule has 1 aromatic carbocycles. The van der Waals surface area contributed by atoms with Crippen molar-refractivity contribution in [2.75, 3.05) is 36.5 Å². The van der Waals surface area contributed by atoms with Gasteiger partial charge in [-0.05, 0) is 31.2 Å². The Kier molecular flexibility index (Phi) is 4.17. The maximum absolute atomic E-state index is 11.4. The smallest absolute Gasteiger partial charge is 0.240 e. The Bertz CT molecular complexity index is 397. The Morgan fingerprint density at radius 1 is 1.33 bits per heavy atom. The Hall–Kier alpha value is -1.59. The van der Waals surface area contributed by atoms with Gasteiger partial charge in [0, 0.05) is 24.5 Å². The van der Waals surface area contributed by atoms with E-state index in [1.807, 2.05) is 24.3 Å². The van der Waals surface area contributed by atoms with E-state index in [1.165, 1.54) is 0 Å². The van der Waals surface area contributed by atoms with E-state index in [9.17, 15) is 4.79 Å². The number of rotatable bonds is 3. The third kappa shape index (κ3) is 3.21. The number of hydrogen-bond acceptors (Lipinski definition) is 4. The first-order chi connectivity index (χ1) is 8.66. The third-order valence-electron chi connectivity index (χ3n) is 2.92. The van der Waals surface area contributed by atoms with Gasteiger partial charge in [0.05, 0.1) is 19.3 Å². The van der Waals surface area contributed by atoms with Gasteiger partial charge in [0.15, 0.2) is 0 Å². The second-order valence-corrected chi connectivity index (χ2v) is 4.42. The quantitative estimate of drug-likeness (QED) is 0.832. The molecule has 1 fully saturated rings. The van der Waals surface area contributed by atoms with E-state index < -0.39 is 6.04 Å². The minimum atomic E-state index is -0.496. The highest BCUT2D eigenvalue weighted by atomic mass is 16.5. The zero-order valence-corrected chi connectivity index (χ0v) is 10.6. The number of anilines is 2. The van der Waals surface area contributed by atoms with Gasteiger partial charge in [-0.25, -0.2) is 0 Å². The first-order valence-electron chi connectivity index (χ1n) is 6.16. The van der Waals surface area contributed by atoms with E-state index in [1.54, 1.807) is 6.92 Å². The highest BCUT2D eigenvalue weighted by molar-refractivity contribution is 5.94. The molecule has 0 aromatic heterocycles. The average molecular weight is 249 g/mol. The van der Waals surface area contributed by atoms with E-state index in [0.717, 1.165) is 37.7 Å². The molecule has 1 aromatic rings. The maximum atomic E-state index is 11.4. The molecule has 0 spiro atoms. The molecule has 2 rings (SSSR count). The minimum absolute atomic E-state index is 0.172. The summed E-state index contributed by atoms with van der Waals surface area (Å²) >= 11 is 0. The summed E-state index contributed by atoms with van der Waals surface area (Å²) in [5.41, 5.74) is 7.42. The lowest BCUT2D eigenvalue weighted by molar-refractivity contribution is -0.117. The van der Waals surface area contributed by atoms with E-state index in [-0.39, 0.29) is 5.91 Å². The number of carbonyl (C=O) groups excluding carboxylic acids is 1. The van der Waals surface area contributed by atoms with Crippen LogP contribution >= 0.6 is 0 Å². The van der Waals surface area contributed by atoms with Crippen LogP contribution in [0, 0.1) is 0 Å². The van der Waals surface area contributed by atoms with Crippen LogP contribution in [0.4, 0.5) is 11.4 Å². The number of hydrogen-bond donors (Lipinski definition) is 2. The zero-order chi connectivity index (χ0) is 13.0. The summed E-state index contributed by atoms with van der Waals surface area (Å²) in [6, 6.07) is 7.30.